The van der Waals surface area contributed by atoms with E-state index in [0.29, 0.717) is 56.0 Å². The molecule has 1 aliphatic heterocycles. The van der Waals surface area contributed by atoms with E-state index in [9.17, 15) is 14.4 Å². The zero-order valence-electron chi connectivity index (χ0n) is 24.6. The highest BCUT2D eigenvalue weighted by molar-refractivity contribution is 6.31. The quantitative estimate of drug-likeness (QED) is 0.293. The number of morpholine rings is 1. The van der Waals surface area contributed by atoms with Crippen molar-refractivity contribution in [2.75, 3.05) is 19.7 Å². The van der Waals surface area contributed by atoms with Crippen LogP contribution >= 0.6 is 11.6 Å². The van der Waals surface area contributed by atoms with Crippen molar-refractivity contribution < 1.29 is 19.1 Å². The number of aryl methyl sites for hydroxylation is 2. The van der Waals surface area contributed by atoms with Crippen LogP contribution in [0.1, 0.15) is 91.8 Å². The standard InChI is InChI=1S/C34H45ClN2O4/c1-3-30(38)21-26-6-12-29(13-7-26)36-34(40)28-10-4-25(5-11-28)8-14-31(39)15-16-32-23-37(18-19-41-32)22-27-9-17-33(35)24(2)20-27/h4-5,9-11,17,20,26,29,32H,3,6-8,12-16,18-19,21-23H2,1-2H3,(H,36,40)/t26?,29?,32-/m0/s1. The van der Waals surface area contributed by atoms with Crippen molar-refractivity contribution in [1.82, 2.24) is 10.2 Å². The number of hydrogen-bond donors (Lipinski definition) is 1. The number of amides is 1. The molecule has 1 amide bonds. The normalized spacial score (nSPS) is 21.4. The second-order valence-electron chi connectivity index (χ2n) is 11.9. The van der Waals surface area contributed by atoms with Gasteiger partial charge in [0.15, 0.2) is 0 Å². The van der Waals surface area contributed by atoms with Crippen LogP contribution in [0.25, 0.3) is 0 Å². The minimum absolute atomic E-state index is 0.0477. The number of hydrogen-bond acceptors (Lipinski definition) is 5. The first-order valence-corrected chi connectivity index (χ1v) is 15.7. The molecular formula is C34H45ClN2O4. The minimum atomic E-state index is -0.0477. The lowest BCUT2D eigenvalue weighted by Gasteiger charge is -2.33. The van der Waals surface area contributed by atoms with E-state index in [-0.39, 0.29) is 23.8 Å². The number of rotatable bonds is 13. The van der Waals surface area contributed by atoms with Gasteiger partial charge in [-0.25, -0.2) is 0 Å². The Morgan fingerprint density at radius 3 is 2.41 bits per heavy atom. The Morgan fingerprint density at radius 1 is 0.976 bits per heavy atom. The summed E-state index contributed by atoms with van der Waals surface area (Å²) in [4.78, 5) is 39.5. The molecule has 2 aromatic carbocycles. The Morgan fingerprint density at radius 2 is 1.71 bits per heavy atom. The lowest BCUT2D eigenvalue weighted by atomic mass is 9.83. The number of halogens is 1. The Hall–Kier alpha value is -2.54. The van der Waals surface area contributed by atoms with Crippen molar-refractivity contribution in [3.05, 3.63) is 69.7 Å². The van der Waals surface area contributed by atoms with Gasteiger partial charge in [0.1, 0.15) is 11.6 Å². The Kier molecular flexibility index (Phi) is 12.0. The summed E-state index contributed by atoms with van der Waals surface area (Å²) in [7, 11) is 0. The van der Waals surface area contributed by atoms with Gasteiger partial charge < -0.3 is 10.1 Å². The molecule has 1 N–H and O–H groups in total. The Bertz CT molecular complexity index is 1170. The Labute approximate surface area is 250 Å². The number of nitrogens with zero attached hydrogens (tertiary/aromatic N) is 1. The molecule has 4 rings (SSSR count). The fourth-order valence-corrected chi connectivity index (χ4v) is 6.08. The number of benzene rings is 2. The third-order valence-electron chi connectivity index (χ3n) is 8.60. The molecule has 0 radical (unpaired) electrons. The molecule has 2 aromatic rings. The van der Waals surface area contributed by atoms with Gasteiger partial charge in [0.2, 0.25) is 0 Å². The van der Waals surface area contributed by atoms with Gasteiger partial charge in [0, 0.05) is 61.9 Å². The Balaban J connectivity index is 1.13. The molecule has 1 atom stereocenters. The predicted molar refractivity (Wildman–Crippen MR) is 163 cm³/mol. The molecule has 2 fully saturated rings. The summed E-state index contributed by atoms with van der Waals surface area (Å²) < 4.78 is 5.95. The van der Waals surface area contributed by atoms with Crippen molar-refractivity contribution in [3.63, 3.8) is 0 Å². The highest BCUT2D eigenvalue weighted by Gasteiger charge is 2.24. The van der Waals surface area contributed by atoms with E-state index in [4.69, 9.17) is 16.3 Å². The van der Waals surface area contributed by atoms with Crippen molar-refractivity contribution in [3.8, 4) is 0 Å². The molecule has 222 valence electrons. The summed E-state index contributed by atoms with van der Waals surface area (Å²) in [6.45, 7) is 7.22. The lowest BCUT2D eigenvalue weighted by Crippen LogP contribution is -2.42. The number of Topliss-reactive ketones (excluding diaryl/α,β-unsaturated/α-hetero) is 2. The molecule has 0 aromatic heterocycles. The van der Waals surface area contributed by atoms with E-state index < -0.39 is 0 Å². The first-order valence-electron chi connectivity index (χ1n) is 15.3. The smallest absolute Gasteiger partial charge is 0.251 e. The van der Waals surface area contributed by atoms with E-state index in [0.717, 1.165) is 67.9 Å². The second kappa shape index (κ2) is 15.6. The number of nitrogens with one attached hydrogen (secondary N) is 1. The number of carbonyl (C=O) groups is 3. The summed E-state index contributed by atoms with van der Waals surface area (Å²) in [6.07, 6.45) is 7.66. The van der Waals surface area contributed by atoms with Gasteiger partial charge >= 0.3 is 0 Å². The zero-order valence-corrected chi connectivity index (χ0v) is 25.4. The topological polar surface area (TPSA) is 75.7 Å². The van der Waals surface area contributed by atoms with Crippen LogP contribution in [0.2, 0.25) is 5.02 Å². The molecule has 6 nitrogen and oxygen atoms in total. The highest BCUT2D eigenvalue weighted by atomic mass is 35.5. The highest BCUT2D eigenvalue weighted by Crippen LogP contribution is 2.27. The molecule has 0 bridgehead atoms. The van der Waals surface area contributed by atoms with Crippen LogP contribution in [-0.4, -0.2) is 54.2 Å². The summed E-state index contributed by atoms with van der Waals surface area (Å²) in [5.74, 6) is 1.00. The fourth-order valence-electron chi connectivity index (χ4n) is 5.96. The second-order valence-corrected chi connectivity index (χ2v) is 12.3. The van der Waals surface area contributed by atoms with Gasteiger partial charge in [-0.1, -0.05) is 42.8 Å². The summed E-state index contributed by atoms with van der Waals surface area (Å²) in [5.41, 5.74) is 4.05. The predicted octanol–water partition coefficient (Wildman–Crippen LogP) is 6.49. The van der Waals surface area contributed by atoms with Crippen LogP contribution in [0.5, 0.6) is 0 Å². The number of ketones is 2. The average Bonchev–Trinajstić information content (AvgIpc) is 2.98. The number of carbonyl (C=O) groups excluding carboxylic acids is 3. The van der Waals surface area contributed by atoms with Crippen molar-refractivity contribution in [2.24, 2.45) is 5.92 Å². The van der Waals surface area contributed by atoms with Gasteiger partial charge in [-0.2, -0.15) is 0 Å². The average molecular weight is 581 g/mol. The van der Waals surface area contributed by atoms with Crippen LogP contribution in [0, 0.1) is 12.8 Å². The molecule has 1 heterocycles. The molecule has 7 heteroatoms. The molecule has 1 saturated carbocycles. The van der Waals surface area contributed by atoms with Gasteiger partial charge in [-0.3, -0.25) is 19.3 Å². The molecule has 2 aliphatic rings. The molecule has 0 unspecified atom stereocenters. The fraction of sp³-hybridized carbons (Fsp3) is 0.559. The van der Waals surface area contributed by atoms with E-state index in [2.05, 4.69) is 22.3 Å². The van der Waals surface area contributed by atoms with Crippen LogP contribution < -0.4 is 5.32 Å². The number of ether oxygens (including phenoxy) is 1. The maximum atomic E-state index is 12.7. The third-order valence-corrected chi connectivity index (χ3v) is 9.02. The molecule has 1 aliphatic carbocycles. The van der Waals surface area contributed by atoms with Crippen molar-refractivity contribution in [1.29, 1.82) is 0 Å². The first-order chi connectivity index (χ1) is 19.8. The van der Waals surface area contributed by atoms with E-state index in [1.807, 2.05) is 44.2 Å². The zero-order chi connectivity index (χ0) is 29.2. The minimum Gasteiger partial charge on any atom is -0.376 e. The van der Waals surface area contributed by atoms with E-state index in [1.54, 1.807) is 0 Å². The summed E-state index contributed by atoms with van der Waals surface area (Å²) in [5, 5.41) is 3.95. The van der Waals surface area contributed by atoms with Gasteiger partial charge in [0.25, 0.3) is 5.91 Å². The van der Waals surface area contributed by atoms with Gasteiger partial charge in [-0.15, -0.1) is 0 Å². The van der Waals surface area contributed by atoms with Crippen LogP contribution in [0.15, 0.2) is 42.5 Å². The molecule has 0 spiro atoms. The summed E-state index contributed by atoms with van der Waals surface area (Å²) in [6, 6.07) is 14.0. The van der Waals surface area contributed by atoms with Crippen molar-refractivity contribution in [2.45, 2.75) is 96.7 Å². The SMILES string of the molecule is CCC(=O)CC1CCC(NC(=O)c2ccc(CCC(=O)CC[C@H]3CN(Cc4ccc(Cl)c(C)c4)CCO3)cc2)CC1. The van der Waals surface area contributed by atoms with Crippen LogP contribution in [0.4, 0.5) is 0 Å². The largest absolute Gasteiger partial charge is 0.376 e. The third kappa shape index (κ3) is 10.1. The molecule has 1 saturated heterocycles. The first kappa shape index (κ1) is 31.4. The van der Waals surface area contributed by atoms with E-state index >= 15 is 0 Å². The van der Waals surface area contributed by atoms with Crippen molar-refractivity contribution >= 4 is 29.1 Å². The van der Waals surface area contributed by atoms with Gasteiger partial charge in [-0.05, 0) is 86.3 Å². The maximum absolute atomic E-state index is 12.7. The van der Waals surface area contributed by atoms with Gasteiger partial charge in [0.05, 0.1) is 12.7 Å². The molecule has 41 heavy (non-hydrogen) atoms. The van der Waals surface area contributed by atoms with Crippen LogP contribution in [0.3, 0.4) is 0 Å². The summed E-state index contributed by atoms with van der Waals surface area (Å²) >= 11 is 6.16. The lowest BCUT2D eigenvalue weighted by molar-refractivity contribution is -0.121. The maximum Gasteiger partial charge on any atom is 0.251 e. The molecular weight excluding hydrogens is 536 g/mol. The monoisotopic (exact) mass is 580 g/mol. The van der Waals surface area contributed by atoms with Crippen LogP contribution in [-0.2, 0) is 27.3 Å². The van der Waals surface area contributed by atoms with E-state index in [1.165, 1.54) is 5.56 Å².